The van der Waals surface area contributed by atoms with Crippen LogP contribution in [0.2, 0.25) is 0 Å². The van der Waals surface area contributed by atoms with Gasteiger partial charge in [-0.1, -0.05) is 12.1 Å². The van der Waals surface area contributed by atoms with Crippen LogP contribution >= 0.6 is 0 Å². The van der Waals surface area contributed by atoms with Gasteiger partial charge in [-0.3, -0.25) is 0 Å². The minimum atomic E-state index is 0.779. The maximum Gasteiger partial charge on any atom is 0.139 e. The van der Waals surface area contributed by atoms with Gasteiger partial charge in [0.15, 0.2) is 0 Å². The average Bonchev–Trinajstić information content (AvgIpc) is 2.96. The van der Waals surface area contributed by atoms with Gasteiger partial charge < -0.3 is 14.1 Å². The van der Waals surface area contributed by atoms with Crippen LogP contribution in [-0.2, 0) is 6.54 Å². The number of rotatable bonds is 4. The highest BCUT2D eigenvalue weighted by Crippen LogP contribution is 2.25. The molecule has 2 aromatic heterocycles. The lowest BCUT2D eigenvalue weighted by molar-refractivity contribution is 0.414. The zero-order chi connectivity index (χ0) is 13.9. The molecule has 0 fully saturated rings. The molecule has 0 N–H and O–H groups in total. The van der Waals surface area contributed by atoms with E-state index in [1.165, 1.54) is 5.56 Å². The number of methoxy groups -OCH3 is 1. The monoisotopic (exact) mass is 268 g/mol. The molecule has 3 aromatic rings. The summed E-state index contributed by atoms with van der Waals surface area (Å²) in [5, 5.41) is 1.03. The van der Waals surface area contributed by atoms with Gasteiger partial charge in [0.1, 0.15) is 17.2 Å². The maximum absolute atomic E-state index is 5.41. The van der Waals surface area contributed by atoms with Crippen molar-refractivity contribution in [3.05, 3.63) is 54.4 Å². The molecule has 4 nitrogen and oxygen atoms in total. The number of furan rings is 1. The Bertz CT molecular complexity index is 704. The third-order valence-corrected chi connectivity index (χ3v) is 3.30. The Morgan fingerprint density at radius 1 is 1.15 bits per heavy atom. The lowest BCUT2D eigenvalue weighted by Crippen LogP contribution is -2.17. The average molecular weight is 268 g/mol. The Labute approximate surface area is 117 Å². The van der Waals surface area contributed by atoms with Crippen LogP contribution in [0.1, 0.15) is 5.56 Å². The van der Waals surface area contributed by atoms with Gasteiger partial charge in [0, 0.05) is 19.8 Å². The molecular formula is C16H16N2O2. The summed E-state index contributed by atoms with van der Waals surface area (Å²) >= 11 is 0. The summed E-state index contributed by atoms with van der Waals surface area (Å²) in [7, 11) is 3.70. The van der Waals surface area contributed by atoms with Crippen LogP contribution in [0.4, 0.5) is 5.82 Å². The molecule has 0 saturated carbocycles. The summed E-state index contributed by atoms with van der Waals surface area (Å²) in [6.07, 6.45) is 3.46. The van der Waals surface area contributed by atoms with E-state index in [-0.39, 0.29) is 0 Å². The quantitative estimate of drug-likeness (QED) is 0.726. The molecule has 2 heterocycles. The van der Waals surface area contributed by atoms with E-state index in [2.05, 4.69) is 22.0 Å². The molecule has 3 rings (SSSR count). The largest absolute Gasteiger partial charge is 0.497 e. The van der Waals surface area contributed by atoms with Crippen LogP contribution in [0.5, 0.6) is 5.75 Å². The lowest BCUT2D eigenvalue weighted by Gasteiger charge is -2.19. The molecule has 4 heteroatoms. The number of hydrogen-bond acceptors (Lipinski definition) is 4. The van der Waals surface area contributed by atoms with Gasteiger partial charge in [0.25, 0.3) is 0 Å². The summed E-state index contributed by atoms with van der Waals surface area (Å²) in [6.45, 7) is 0.779. The number of fused-ring (bicyclic) bond motifs is 1. The number of anilines is 1. The fourth-order valence-electron chi connectivity index (χ4n) is 2.26. The van der Waals surface area contributed by atoms with Crippen molar-refractivity contribution >= 4 is 16.8 Å². The van der Waals surface area contributed by atoms with Gasteiger partial charge in [-0.05, 0) is 29.8 Å². The normalized spacial score (nSPS) is 10.7. The summed E-state index contributed by atoms with van der Waals surface area (Å²) in [4.78, 5) is 6.56. The van der Waals surface area contributed by atoms with Gasteiger partial charge in [0.2, 0.25) is 0 Å². The van der Waals surface area contributed by atoms with Crippen molar-refractivity contribution in [2.75, 3.05) is 19.1 Å². The molecule has 0 aliphatic carbocycles. The first-order valence-corrected chi connectivity index (χ1v) is 6.44. The van der Waals surface area contributed by atoms with Gasteiger partial charge in [0.05, 0.1) is 18.8 Å². The molecule has 102 valence electrons. The van der Waals surface area contributed by atoms with E-state index in [9.17, 15) is 0 Å². The zero-order valence-electron chi connectivity index (χ0n) is 11.5. The first-order valence-electron chi connectivity index (χ1n) is 6.44. The molecule has 0 unspecified atom stereocenters. The summed E-state index contributed by atoms with van der Waals surface area (Å²) in [5.74, 6) is 1.79. The van der Waals surface area contributed by atoms with Crippen LogP contribution in [0, 0.1) is 0 Å². The Kier molecular flexibility index (Phi) is 3.29. The highest BCUT2D eigenvalue weighted by Gasteiger charge is 2.09. The first-order chi connectivity index (χ1) is 9.78. The number of pyridine rings is 1. The predicted molar refractivity (Wildman–Crippen MR) is 79.1 cm³/mol. The molecule has 0 aliphatic rings. The lowest BCUT2D eigenvalue weighted by atomic mass is 10.2. The van der Waals surface area contributed by atoms with Crippen LogP contribution in [0.15, 0.2) is 53.3 Å². The van der Waals surface area contributed by atoms with Gasteiger partial charge in [-0.15, -0.1) is 0 Å². The fraction of sp³-hybridized carbons (Fsp3) is 0.188. The highest BCUT2D eigenvalue weighted by molar-refractivity contribution is 5.88. The SMILES string of the molecule is COc1ccc(CN(C)c2nccc3occc23)cc1. The Balaban J connectivity index is 1.84. The molecule has 1 aromatic carbocycles. The van der Waals surface area contributed by atoms with Crippen molar-refractivity contribution in [2.45, 2.75) is 6.54 Å². The highest BCUT2D eigenvalue weighted by atomic mass is 16.5. The Hall–Kier alpha value is -2.49. The molecule has 20 heavy (non-hydrogen) atoms. The van der Waals surface area contributed by atoms with E-state index >= 15 is 0 Å². The van der Waals surface area contributed by atoms with Crippen LogP contribution in [-0.4, -0.2) is 19.1 Å². The fourth-order valence-corrected chi connectivity index (χ4v) is 2.26. The van der Waals surface area contributed by atoms with Crippen molar-refractivity contribution in [1.29, 1.82) is 0 Å². The van der Waals surface area contributed by atoms with Crippen molar-refractivity contribution in [3.63, 3.8) is 0 Å². The summed E-state index contributed by atoms with van der Waals surface area (Å²) < 4.78 is 10.6. The Morgan fingerprint density at radius 3 is 2.70 bits per heavy atom. The van der Waals surface area contributed by atoms with E-state index in [0.717, 1.165) is 29.1 Å². The summed E-state index contributed by atoms with van der Waals surface area (Å²) in [5.41, 5.74) is 2.06. The number of ether oxygens (including phenoxy) is 1. The molecule has 0 aliphatic heterocycles. The first kappa shape index (κ1) is 12.5. The minimum absolute atomic E-state index is 0.779. The van der Waals surface area contributed by atoms with E-state index in [1.807, 2.05) is 31.3 Å². The maximum atomic E-state index is 5.41. The van der Waals surface area contributed by atoms with E-state index in [4.69, 9.17) is 9.15 Å². The topological polar surface area (TPSA) is 38.5 Å². The Morgan fingerprint density at radius 2 is 1.95 bits per heavy atom. The number of nitrogens with zero attached hydrogens (tertiary/aromatic N) is 2. The number of aromatic nitrogens is 1. The zero-order valence-corrected chi connectivity index (χ0v) is 11.5. The second kappa shape index (κ2) is 5.25. The number of benzene rings is 1. The van der Waals surface area contributed by atoms with E-state index in [0.29, 0.717) is 0 Å². The second-order valence-electron chi connectivity index (χ2n) is 4.67. The number of hydrogen-bond donors (Lipinski definition) is 0. The molecular weight excluding hydrogens is 252 g/mol. The van der Waals surface area contributed by atoms with E-state index < -0.39 is 0 Å². The van der Waals surface area contributed by atoms with Gasteiger partial charge in [-0.2, -0.15) is 0 Å². The van der Waals surface area contributed by atoms with Crippen molar-refractivity contribution < 1.29 is 9.15 Å². The summed E-state index contributed by atoms with van der Waals surface area (Å²) in [6, 6.07) is 11.9. The smallest absolute Gasteiger partial charge is 0.139 e. The predicted octanol–water partition coefficient (Wildman–Crippen LogP) is 3.47. The molecule has 0 saturated heterocycles. The molecule has 0 radical (unpaired) electrons. The van der Waals surface area contributed by atoms with Crippen molar-refractivity contribution in [2.24, 2.45) is 0 Å². The second-order valence-corrected chi connectivity index (χ2v) is 4.67. The van der Waals surface area contributed by atoms with Crippen LogP contribution in [0.25, 0.3) is 11.0 Å². The molecule has 0 atom stereocenters. The van der Waals surface area contributed by atoms with E-state index in [1.54, 1.807) is 19.6 Å². The molecule has 0 amide bonds. The van der Waals surface area contributed by atoms with Gasteiger partial charge in [-0.25, -0.2) is 4.98 Å². The molecule has 0 bridgehead atoms. The third-order valence-electron chi connectivity index (χ3n) is 3.30. The third kappa shape index (κ3) is 2.32. The van der Waals surface area contributed by atoms with Crippen molar-refractivity contribution in [1.82, 2.24) is 4.98 Å². The molecule has 0 spiro atoms. The minimum Gasteiger partial charge on any atom is -0.497 e. The van der Waals surface area contributed by atoms with Crippen molar-refractivity contribution in [3.8, 4) is 5.75 Å². The van der Waals surface area contributed by atoms with Crippen LogP contribution in [0.3, 0.4) is 0 Å². The van der Waals surface area contributed by atoms with Gasteiger partial charge >= 0.3 is 0 Å². The standard InChI is InChI=1S/C16H16N2O2/c1-18(11-12-3-5-13(19-2)6-4-12)16-14-8-10-20-15(14)7-9-17-16/h3-10H,11H2,1-2H3. The van der Waals surface area contributed by atoms with Crippen LogP contribution < -0.4 is 9.64 Å².